The Morgan fingerprint density at radius 3 is 2.50 bits per heavy atom. The highest BCUT2D eigenvalue weighted by atomic mass is 16.5. The van der Waals surface area contributed by atoms with Crippen molar-refractivity contribution < 1.29 is 9.47 Å². The lowest BCUT2D eigenvalue weighted by molar-refractivity contribution is 0.345. The Labute approximate surface area is 110 Å². The Hall–Kier alpha value is -1.29. The summed E-state index contributed by atoms with van der Waals surface area (Å²) in [4.78, 5) is 4.33. The van der Waals surface area contributed by atoms with Crippen molar-refractivity contribution >= 4 is 0 Å². The SMILES string of the molecule is COc1ccnc(CNCC(C)C(C)C)c1OC. The molecule has 1 rings (SSSR count). The van der Waals surface area contributed by atoms with Crippen LogP contribution in [-0.2, 0) is 6.54 Å². The number of hydrogen-bond donors (Lipinski definition) is 1. The van der Waals surface area contributed by atoms with E-state index in [0.29, 0.717) is 24.1 Å². The van der Waals surface area contributed by atoms with E-state index < -0.39 is 0 Å². The monoisotopic (exact) mass is 252 g/mol. The first-order valence-corrected chi connectivity index (χ1v) is 6.36. The second-order valence-electron chi connectivity index (χ2n) is 4.85. The fourth-order valence-electron chi connectivity index (χ4n) is 1.63. The third kappa shape index (κ3) is 3.88. The summed E-state index contributed by atoms with van der Waals surface area (Å²) in [6.45, 7) is 8.37. The zero-order valence-electron chi connectivity index (χ0n) is 12.0. The summed E-state index contributed by atoms with van der Waals surface area (Å²) in [6, 6.07) is 1.80. The first-order valence-electron chi connectivity index (χ1n) is 6.36. The van der Waals surface area contributed by atoms with Gasteiger partial charge >= 0.3 is 0 Å². The van der Waals surface area contributed by atoms with E-state index >= 15 is 0 Å². The van der Waals surface area contributed by atoms with Crippen LogP contribution < -0.4 is 14.8 Å². The molecule has 102 valence electrons. The third-order valence-corrected chi connectivity index (χ3v) is 3.26. The first-order chi connectivity index (χ1) is 8.60. The van der Waals surface area contributed by atoms with E-state index in [4.69, 9.17) is 9.47 Å². The van der Waals surface area contributed by atoms with Crippen molar-refractivity contribution in [2.75, 3.05) is 20.8 Å². The molecule has 0 radical (unpaired) electrons. The minimum absolute atomic E-state index is 0.640. The molecule has 1 atom stereocenters. The highest BCUT2D eigenvalue weighted by molar-refractivity contribution is 5.42. The van der Waals surface area contributed by atoms with Gasteiger partial charge in [-0.05, 0) is 18.4 Å². The van der Waals surface area contributed by atoms with E-state index in [1.165, 1.54) is 0 Å². The van der Waals surface area contributed by atoms with Crippen LogP contribution in [0.25, 0.3) is 0 Å². The summed E-state index contributed by atoms with van der Waals surface area (Å²) < 4.78 is 10.6. The van der Waals surface area contributed by atoms with E-state index in [0.717, 1.165) is 18.0 Å². The molecule has 0 spiro atoms. The Kier molecular flexibility index (Phi) is 5.92. The molecule has 0 bridgehead atoms. The molecule has 1 heterocycles. The molecule has 0 amide bonds. The van der Waals surface area contributed by atoms with Crippen LogP contribution in [0.4, 0.5) is 0 Å². The van der Waals surface area contributed by atoms with Crippen molar-refractivity contribution in [2.45, 2.75) is 27.3 Å². The topological polar surface area (TPSA) is 43.4 Å². The second kappa shape index (κ2) is 7.21. The lowest BCUT2D eigenvalue weighted by Gasteiger charge is -2.17. The Morgan fingerprint density at radius 1 is 1.22 bits per heavy atom. The van der Waals surface area contributed by atoms with Gasteiger partial charge in [0.25, 0.3) is 0 Å². The predicted octanol–water partition coefficient (Wildman–Crippen LogP) is 2.48. The first kappa shape index (κ1) is 14.8. The third-order valence-electron chi connectivity index (χ3n) is 3.26. The van der Waals surface area contributed by atoms with Gasteiger partial charge in [0.1, 0.15) is 0 Å². The largest absolute Gasteiger partial charge is 0.493 e. The second-order valence-corrected chi connectivity index (χ2v) is 4.85. The van der Waals surface area contributed by atoms with Crippen LogP contribution >= 0.6 is 0 Å². The minimum atomic E-state index is 0.640. The molecule has 0 saturated heterocycles. The zero-order chi connectivity index (χ0) is 13.5. The average molecular weight is 252 g/mol. The molecule has 1 unspecified atom stereocenters. The zero-order valence-corrected chi connectivity index (χ0v) is 12.0. The van der Waals surface area contributed by atoms with E-state index in [9.17, 15) is 0 Å². The van der Waals surface area contributed by atoms with Crippen LogP contribution in [0.2, 0.25) is 0 Å². The average Bonchev–Trinajstić information content (AvgIpc) is 2.37. The number of nitrogens with zero attached hydrogens (tertiary/aromatic N) is 1. The van der Waals surface area contributed by atoms with E-state index in [1.807, 2.05) is 0 Å². The Morgan fingerprint density at radius 2 is 1.94 bits per heavy atom. The fourth-order valence-corrected chi connectivity index (χ4v) is 1.63. The number of hydrogen-bond acceptors (Lipinski definition) is 4. The van der Waals surface area contributed by atoms with Gasteiger partial charge in [-0.15, -0.1) is 0 Å². The molecule has 0 aromatic carbocycles. The van der Waals surface area contributed by atoms with Crippen LogP contribution in [0.1, 0.15) is 26.5 Å². The van der Waals surface area contributed by atoms with Gasteiger partial charge in [-0.2, -0.15) is 0 Å². The van der Waals surface area contributed by atoms with Crippen LogP contribution in [0.15, 0.2) is 12.3 Å². The molecule has 4 nitrogen and oxygen atoms in total. The standard InChI is InChI=1S/C14H24N2O2/c1-10(2)11(3)8-15-9-12-14(18-5)13(17-4)6-7-16-12/h6-7,10-11,15H,8-9H2,1-5H3. The smallest absolute Gasteiger partial charge is 0.183 e. The number of aromatic nitrogens is 1. The predicted molar refractivity (Wildman–Crippen MR) is 73.0 cm³/mol. The molecule has 18 heavy (non-hydrogen) atoms. The summed E-state index contributed by atoms with van der Waals surface area (Å²) in [7, 11) is 3.27. The van der Waals surface area contributed by atoms with Gasteiger partial charge in [0.2, 0.25) is 0 Å². The lowest BCUT2D eigenvalue weighted by Crippen LogP contribution is -2.24. The molecule has 0 aliphatic heterocycles. The van der Waals surface area contributed by atoms with Gasteiger partial charge in [0.05, 0.1) is 19.9 Å². The molecule has 1 N–H and O–H groups in total. The van der Waals surface area contributed by atoms with Crippen molar-refractivity contribution in [2.24, 2.45) is 11.8 Å². The van der Waals surface area contributed by atoms with Crippen molar-refractivity contribution in [1.29, 1.82) is 0 Å². The molecular weight excluding hydrogens is 228 g/mol. The summed E-state index contributed by atoms with van der Waals surface area (Å²) in [5, 5.41) is 3.41. The quantitative estimate of drug-likeness (QED) is 0.809. The van der Waals surface area contributed by atoms with Crippen LogP contribution in [0, 0.1) is 11.8 Å². The van der Waals surface area contributed by atoms with Crippen LogP contribution in [0.5, 0.6) is 11.5 Å². The summed E-state index contributed by atoms with van der Waals surface area (Å²) in [5.74, 6) is 2.75. The van der Waals surface area contributed by atoms with Gasteiger partial charge in [-0.3, -0.25) is 4.98 Å². The van der Waals surface area contributed by atoms with Gasteiger partial charge < -0.3 is 14.8 Å². The van der Waals surface area contributed by atoms with E-state index in [1.54, 1.807) is 26.5 Å². The van der Waals surface area contributed by atoms with E-state index in [-0.39, 0.29) is 0 Å². The van der Waals surface area contributed by atoms with Gasteiger partial charge in [-0.1, -0.05) is 20.8 Å². The maximum Gasteiger partial charge on any atom is 0.183 e. The van der Waals surface area contributed by atoms with Crippen LogP contribution in [0.3, 0.4) is 0 Å². The van der Waals surface area contributed by atoms with Crippen molar-refractivity contribution in [3.8, 4) is 11.5 Å². The maximum absolute atomic E-state index is 5.34. The van der Waals surface area contributed by atoms with Gasteiger partial charge in [-0.25, -0.2) is 0 Å². The minimum Gasteiger partial charge on any atom is -0.493 e. The van der Waals surface area contributed by atoms with Crippen LogP contribution in [-0.4, -0.2) is 25.7 Å². The van der Waals surface area contributed by atoms with E-state index in [2.05, 4.69) is 31.1 Å². The molecule has 0 aliphatic rings. The number of ether oxygens (including phenoxy) is 2. The normalized spacial score (nSPS) is 12.6. The highest BCUT2D eigenvalue weighted by Gasteiger charge is 2.11. The maximum atomic E-state index is 5.34. The summed E-state index contributed by atoms with van der Waals surface area (Å²) in [5.41, 5.74) is 0.882. The fraction of sp³-hybridized carbons (Fsp3) is 0.643. The molecule has 0 saturated carbocycles. The molecule has 1 aromatic heterocycles. The van der Waals surface area contributed by atoms with Crippen molar-refractivity contribution in [1.82, 2.24) is 10.3 Å². The molecule has 0 aliphatic carbocycles. The molecule has 1 aromatic rings. The summed E-state index contributed by atoms with van der Waals surface area (Å²) in [6.07, 6.45) is 1.74. The number of methoxy groups -OCH3 is 2. The van der Waals surface area contributed by atoms with Crippen molar-refractivity contribution in [3.63, 3.8) is 0 Å². The molecular formula is C14H24N2O2. The Bertz CT molecular complexity index is 367. The highest BCUT2D eigenvalue weighted by Crippen LogP contribution is 2.28. The lowest BCUT2D eigenvalue weighted by atomic mass is 9.98. The van der Waals surface area contributed by atoms with Crippen molar-refractivity contribution in [3.05, 3.63) is 18.0 Å². The number of nitrogens with one attached hydrogen (secondary N) is 1. The Balaban J connectivity index is 2.62. The van der Waals surface area contributed by atoms with Gasteiger partial charge in [0.15, 0.2) is 11.5 Å². The molecule has 0 fully saturated rings. The summed E-state index contributed by atoms with van der Waals surface area (Å²) >= 11 is 0. The number of rotatable bonds is 7. The van der Waals surface area contributed by atoms with Gasteiger partial charge in [0, 0.05) is 18.8 Å². The molecule has 4 heteroatoms. The number of pyridine rings is 1.